The lowest BCUT2D eigenvalue weighted by Gasteiger charge is -2.21. The van der Waals surface area contributed by atoms with Gasteiger partial charge in [0.15, 0.2) is 0 Å². The Morgan fingerprint density at radius 2 is 1.75 bits per heavy atom. The molecule has 0 bridgehead atoms. The van der Waals surface area contributed by atoms with Crippen LogP contribution in [0.4, 0.5) is 17.1 Å². The third kappa shape index (κ3) is 4.99. The van der Waals surface area contributed by atoms with Crippen LogP contribution in [0.1, 0.15) is 19.4 Å². The number of hydrogen-bond donors (Lipinski definition) is 2. The molecule has 0 heterocycles. The van der Waals surface area contributed by atoms with E-state index in [4.69, 9.17) is 0 Å². The van der Waals surface area contributed by atoms with Gasteiger partial charge in [0, 0.05) is 28.9 Å². The number of rotatable bonds is 7. The third-order valence-corrected chi connectivity index (χ3v) is 4.50. The standard InChI is InChI=1S/C19H24BrN3O/c1-4-23(5-2)16-9-7-15(8-10-16)21-13-19(24)22-18-11-6-14(3)12-17(18)20/h6-12,21H,4-5,13H2,1-3H3,(H,22,24). The first kappa shape index (κ1) is 18.3. The highest BCUT2D eigenvalue weighted by molar-refractivity contribution is 9.10. The van der Waals surface area contributed by atoms with Crippen molar-refractivity contribution in [1.82, 2.24) is 0 Å². The predicted octanol–water partition coefficient (Wildman–Crippen LogP) is 4.65. The summed E-state index contributed by atoms with van der Waals surface area (Å²) in [6.45, 7) is 8.49. The molecule has 0 unspecified atom stereocenters. The van der Waals surface area contributed by atoms with Crippen molar-refractivity contribution in [3.05, 3.63) is 52.5 Å². The van der Waals surface area contributed by atoms with E-state index in [1.807, 2.05) is 37.3 Å². The second-order valence-electron chi connectivity index (χ2n) is 5.60. The molecule has 0 fully saturated rings. The Kier molecular flexibility index (Phi) is 6.67. The van der Waals surface area contributed by atoms with Gasteiger partial charge >= 0.3 is 0 Å². The molecule has 4 nitrogen and oxygen atoms in total. The molecule has 0 aliphatic carbocycles. The van der Waals surface area contributed by atoms with E-state index in [0.29, 0.717) is 0 Å². The number of nitrogens with one attached hydrogen (secondary N) is 2. The van der Waals surface area contributed by atoms with Gasteiger partial charge in [-0.15, -0.1) is 0 Å². The Morgan fingerprint density at radius 3 is 2.33 bits per heavy atom. The molecular formula is C19H24BrN3O. The maximum absolute atomic E-state index is 12.1. The van der Waals surface area contributed by atoms with Gasteiger partial charge in [-0.3, -0.25) is 4.79 Å². The molecule has 0 aliphatic rings. The van der Waals surface area contributed by atoms with Crippen LogP contribution in [0.25, 0.3) is 0 Å². The van der Waals surface area contributed by atoms with E-state index < -0.39 is 0 Å². The van der Waals surface area contributed by atoms with Crippen LogP contribution in [0.15, 0.2) is 46.9 Å². The minimum atomic E-state index is -0.0765. The summed E-state index contributed by atoms with van der Waals surface area (Å²) in [5, 5.41) is 6.05. The van der Waals surface area contributed by atoms with Crippen LogP contribution in [0, 0.1) is 6.92 Å². The zero-order valence-corrected chi connectivity index (χ0v) is 16.0. The molecule has 0 radical (unpaired) electrons. The van der Waals surface area contributed by atoms with E-state index in [0.717, 1.165) is 34.5 Å². The second kappa shape index (κ2) is 8.73. The summed E-state index contributed by atoms with van der Waals surface area (Å²) in [5.74, 6) is -0.0765. The Morgan fingerprint density at radius 1 is 1.08 bits per heavy atom. The lowest BCUT2D eigenvalue weighted by Crippen LogP contribution is -2.22. The van der Waals surface area contributed by atoms with Gasteiger partial charge in [-0.2, -0.15) is 0 Å². The number of benzene rings is 2. The molecule has 0 saturated heterocycles. The number of amides is 1. The highest BCUT2D eigenvalue weighted by atomic mass is 79.9. The summed E-state index contributed by atoms with van der Waals surface area (Å²) in [5.41, 5.74) is 4.05. The van der Waals surface area contributed by atoms with E-state index >= 15 is 0 Å². The molecule has 2 N–H and O–H groups in total. The van der Waals surface area contributed by atoms with Gasteiger partial charge in [0.2, 0.25) is 5.91 Å². The lowest BCUT2D eigenvalue weighted by molar-refractivity contribution is -0.114. The van der Waals surface area contributed by atoms with Gasteiger partial charge in [0.25, 0.3) is 0 Å². The molecule has 0 aromatic heterocycles. The fourth-order valence-corrected chi connectivity index (χ4v) is 3.07. The van der Waals surface area contributed by atoms with E-state index in [9.17, 15) is 4.79 Å². The van der Waals surface area contributed by atoms with E-state index in [1.54, 1.807) is 0 Å². The van der Waals surface area contributed by atoms with Gasteiger partial charge in [-0.05, 0) is 78.7 Å². The van der Waals surface area contributed by atoms with Crippen molar-refractivity contribution in [3.63, 3.8) is 0 Å². The zero-order valence-electron chi connectivity index (χ0n) is 14.4. The van der Waals surface area contributed by atoms with Crippen LogP contribution >= 0.6 is 15.9 Å². The average molecular weight is 390 g/mol. The number of halogens is 1. The van der Waals surface area contributed by atoms with E-state index in [2.05, 4.69) is 57.4 Å². The van der Waals surface area contributed by atoms with Crippen LogP contribution in [-0.4, -0.2) is 25.5 Å². The van der Waals surface area contributed by atoms with E-state index in [-0.39, 0.29) is 12.5 Å². The number of carbonyl (C=O) groups excluding carboxylic acids is 1. The van der Waals surface area contributed by atoms with Crippen molar-refractivity contribution in [1.29, 1.82) is 0 Å². The number of aryl methyl sites for hydroxylation is 1. The third-order valence-electron chi connectivity index (χ3n) is 3.85. The summed E-state index contributed by atoms with van der Waals surface area (Å²) in [6.07, 6.45) is 0. The molecule has 0 spiro atoms. The van der Waals surface area contributed by atoms with E-state index in [1.165, 1.54) is 5.69 Å². The largest absolute Gasteiger partial charge is 0.376 e. The molecule has 0 saturated carbocycles. The van der Waals surface area contributed by atoms with Crippen molar-refractivity contribution in [2.75, 3.05) is 35.2 Å². The first-order valence-corrected chi connectivity index (χ1v) is 8.97. The Labute approximate surface area is 152 Å². The molecule has 5 heteroatoms. The fourth-order valence-electron chi connectivity index (χ4n) is 2.48. The minimum absolute atomic E-state index is 0.0765. The zero-order chi connectivity index (χ0) is 17.5. The fraction of sp³-hybridized carbons (Fsp3) is 0.316. The van der Waals surface area contributed by atoms with Crippen molar-refractivity contribution < 1.29 is 4.79 Å². The molecular weight excluding hydrogens is 366 g/mol. The number of hydrogen-bond acceptors (Lipinski definition) is 3. The van der Waals surface area contributed by atoms with Gasteiger partial charge in [-0.25, -0.2) is 0 Å². The Hall–Kier alpha value is -2.01. The van der Waals surface area contributed by atoms with Crippen LogP contribution in [-0.2, 0) is 4.79 Å². The molecule has 2 aromatic carbocycles. The van der Waals surface area contributed by atoms with Crippen LogP contribution < -0.4 is 15.5 Å². The van der Waals surface area contributed by atoms with Crippen LogP contribution in [0.5, 0.6) is 0 Å². The first-order valence-electron chi connectivity index (χ1n) is 8.18. The topological polar surface area (TPSA) is 44.4 Å². The van der Waals surface area contributed by atoms with Gasteiger partial charge < -0.3 is 15.5 Å². The average Bonchev–Trinajstić information content (AvgIpc) is 2.58. The maximum atomic E-state index is 12.1. The van der Waals surface area contributed by atoms with Gasteiger partial charge in [0.05, 0.1) is 12.2 Å². The Bertz CT molecular complexity index is 682. The molecule has 1 amide bonds. The van der Waals surface area contributed by atoms with Crippen LogP contribution in [0.2, 0.25) is 0 Å². The van der Waals surface area contributed by atoms with Crippen molar-refractivity contribution in [3.8, 4) is 0 Å². The summed E-state index contributed by atoms with van der Waals surface area (Å²) in [6, 6.07) is 14.0. The molecule has 0 aliphatic heterocycles. The quantitative estimate of drug-likeness (QED) is 0.723. The normalized spacial score (nSPS) is 10.3. The first-order chi connectivity index (χ1) is 11.5. The molecule has 2 rings (SSSR count). The number of carbonyl (C=O) groups is 1. The summed E-state index contributed by atoms with van der Waals surface area (Å²) >= 11 is 3.47. The second-order valence-corrected chi connectivity index (χ2v) is 6.46. The Balaban J connectivity index is 1.89. The van der Waals surface area contributed by atoms with Crippen LogP contribution in [0.3, 0.4) is 0 Å². The highest BCUT2D eigenvalue weighted by Gasteiger charge is 2.06. The summed E-state index contributed by atoms with van der Waals surface area (Å²) in [7, 11) is 0. The van der Waals surface area contributed by atoms with Gasteiger partial charge in [0.1, 0.15) is 0 Å². The highest BCUT2D eigenvalue weighted by Crippen LogP contribution is 2.23. The molecule has 24 heavy (non-hydrogen) atoms. The minimum Gasteiger partial charge on any atom is -0.376 e. The summed E-state index contributed by atoms with van der Waals surface area (Å²) in [4.78, 5) is 14.4. The maximum Gasteiger partial charge on any atom is 0.243 e. The number of nitrogens with zero attached hydrogens (tertiary/aromatic N) is 1. The predicted molar refractivity (Wildman–Crippen MR) is 106 cm³/mol. The molecule has 128 valence electrons. The SMILES string of the molecule is CCN(CC)c1ccc(NCC(=O)Nc2ccc(C)cc2Br)cc1. The van der Waals surface area contributed by atoms with Crippen molar-refractivity contribution >= 4 is 38.9 Å². The number of anilines is 3. The molecule has 2 aromatic rings. The molecule has 0 atom stereocenters. The van der Waals surface area contributed by atoms with Gasteiger partial charge in [-0.1, -0.05) is 6.07 Å². The monoisotopic (exact) mass is 389 g/mol. The van der Waals surface area contributed by atoms with Crippen molar-refractivity contribution in [2.24, 2.45) is 0 Å². The summed E-state index contributed by atoms with van der Waals surface area (Å²) < 4.78 is 0.888. The smallest absolute Gasteiger partial charge is 0.243 e. The lowest BCUT2D eigenvalue weighted by atomic mass is 10.2. The van der Waals surface area contributed by atoms with Crippen molar-refractivity contribution in [2.45, 2.75) is 20.8 Å².